The highest BCUT2D eigenvalue weighted by Crippen LogP contribution is 2.20. The molecule has 0 bridgehead atoms. The quantitative estimate of drug-likeness (QED) is 0.309. The Kier molecular flexibility index (Phi) is 6.33. The number of hydrogen-bond donors (Lipinski definition) is 0. The van der Waals surface area contributed by atoms with Crippen molar-refractivity contribution in [2.24, 2.45) is 4.36 Å². The number of rotatable bonds is 8. The second-order valence-electron chi connectivity index (χ2n) is 6.27. The van der Waals surface area contributed by atoms with Crippen LogP contribution in [0.2, 0.25) is 0 Å². The maximum atomic E-state index is 12.8. The molecule has 0 amide bonds. The fourth-order valence-electron chi connectivity index (χ4n) is 2.76. The molecule has 0 N–H and O–H groups in total. The smallest absolute Gasteiger partial charge is 0.267 e. The molecular formula is C19H22N6O2S2. The van der Waals surface area contributed by atoms with Crippen LogP contribution in [0.5, 0.6) is 0 Å². The number of nitrogens with zero attached hydrogens (tertiary/aromatic N) is 6. The molecule has 1 unspecified atom stereocenters. The van der Waals surface area contributed by atoms with E-state index in [2.05, 4.69) is 32.5 Å². The summed E-state index contributed by atoms with van der Waals surface area (Å²) in [6.45, 7) is 7.66. The predicted molar refractivity (Wildman–Crippen MR) is 119 cm³/mol. The molecule has 3 aromatic rings. The minimum Gasteiger partial charge on any atom is -0.267 e. The molecule has 8 nitrogen and oxygen atoms in total. The fraction of sp³-hybridized carbons (Fsp3) is 0.263. The van der Waals surface area contributed by atoms with E-state index in [9.17, 15) is 9.00 Å². The summed E-state index contributed by atoms with van der Waals surface area (Å²) in [6.07, 6.45) is 8.93. The van der Waals surface area contributed by atoms with Crippen LogP contribution in [0, 0.1) is 0 Å². The van der Waals surface area contributed by atoms with Gasteiger partial charge in [-0.05, 0) is 24.8 Å². The highest BCUT2D eigenvalue weighted by molar-refractivity contribution is 7.98. The molecule has 10 heteroatoms. The van der Waals surface area contributed by atoms with E-state index in [1.807, 2.05) is 6.26 Å². The Morgan fingerprint density at radius 2 is 2.07 bits per heavy atom. The van der Waals surface area contributed by atoms with Gasteiger partial charge in [0.1, 0.15) is 5.39 Å². The van der Waals surface area contributed by atoms with Crippen LogP contribution in [0.1, 0.15) is 6.42 Å². The van der Waals surface area contributed by atoms with Crippen LogP contribution in [0.3, 0.4) is 0 Å². The molecule has 0 fully saturated rings. The summed E-state index contributed by atoms with van der Waals surface area (Å²) in [6, 6.07) is 5.19. The zero-order chi connectivity index (χ0) is 21.0. The average molecular weight is 431 g/mol. The summed E-state index contributed by atoms with van der Waals surface area (Å²) in [4.78, 5) is 26.1. The molecule has 152 valence electrons. The van der Waals surface area contributed by atoms with Gasteiger partial charge in [-0.15, -0.1) is 13.2 Å². The largest absolute Gasteiger partial charge is 0.278 e. The Bertz CT molecular complexity index is 1250. The van der Waals surface area contributed by atoms with Gasteiger partial charge in [-0.25, -0.2) is 28.5 Å². The Morgan fingerprint density at radius 1 is 1.28 bits per heavy atom. The predicted octanol–water partition coefficient (Wildman–Crippen LogP) is 3.19. The Morgan fingerprint density at radius 3 is 2.76 bits per heavy atom. The minimum atomic E-state index is -2.45. The number of thioether (sulfide) groups is 1. The van der Waals surface area contributed by atoms with Gasteiger partial charge in [-0.2, -0.15) is 4.36 Å². The monoisotopic (exact) mass is 430 g/mol. The summed E-state index contributed by atoms with van der Waals surface area (Å²) in [5, 5.41) is 0.933. The highest BCUT2D eigenvalue weighted by Gasteiger charge is 2.18. The Labute approximate surface area is 173 Å². The summed E-state index contributed by atoms with van der Waals surface area (Å²) < 4.78 is 20.1. The van der Waals surface area contributed by atoms with E-state index in [4.69, 9.17) is 0 Å². The van der Waals surface area contributed by atoms with Crippen molar-refractivity contribution in [3.63, 3.8) is 0 Å². The summed E-state index contributed by atoms with van der Waals surface area (Å²) >= 11 is 1.38. The molecular weight excluding hydrogens is 408 g/mol. The number of allylic oxidation sites excluding steroid dienone is 2. The molecule has 0 aliphatic heterocycles. The van der Waals surface area contributed by atoms with Gasteiger partial charge < -0.3 is 0 Å². The SMILES string of the molecule is C=CCCS(C)(=O)=Nc1cccc(-n2c3nc(SC)ncc3c(=O)n2CC=C)n1. The second kappa shape index (κ2) is 8.75. The second-order valence-corrected chi connectivity index (χ2v) is 9.55. The van der Waals surface area contributed by atoms with Crippen LogP contribution in [0.25, 0.3) is 16.9 Å². The van der Waals surface area contributed by atoms with E-state index in [0.29, 0.717) is 40.0 Å². The summed E-state index contributed by atoms with van der Waals surface area (Å²) in [5.74, 6) is 1.18. The fourth-order valence-corrected chi connectivity index (χ4v) is 4.29. The van der Waals surface area contributed by atoms with Gasteiger partial charge in [0.15, 0.2) is 22.4 Å². The van der Waals surface area contributed by atoms with Gasteiger partial charge in [0.25, 0.3) is 5.56 Å². The normalized spacial score (nSPS) is 13.2. The molecule has 0 radical (unpaired) electrons. The summed E-state index contributed by atoms with van der Waals surface area (Å²) in [7, 11) is -2.45. The first-order valence-electron chi connectivity index (χ1n) is 8.82. The Balaban J connectivity index is 2.23. The van der Waals surface area contributed by atoms with Crippen molar-refractivity contribution in [3.05, 3.63) is 60.1 Å². The van der Waals surface area contributed by atoms with E-state index >= 15 is 0 Å². The first-order valence-corrected chi connectivity index (χ1v) is 12.1. The average Bonchev–Trinajstić information content (AvgIpc) is 2.98. The standard InChI is InChI=1S/C19H22N6O2S2/c1-5-7-12-29(4,27)23-15-9-8-10-16(21-15)25-17-14(13-20-19(22-17)28-3)18(26)24(25)11-6-2/h5-6,8-10,13H,1-2,7,11-12H2,3-4H3. The third-order valence-corrected chi connectivity index (χ3v) is 6.19. The molecule has 29 heavy (non-hydrogen) atoms. The van der Waals surface area contributed by atoms with Gasteiger partial charge in [-0.1, -0.05) is 30.0 Å². The first kappa shape index (κ1) is 21.0. The number of fused-ring (bicyclic) bond motifs is 1. The van der Waals surface area contributed by atoms with Crippen LogP contribution < -0.4 is 5.56 Å². The number of aromatic nitrogens is 5. The van der Waals surface area contributed by atoms with Crippen LogP contribution >= 0.6 is 11.8 Å². The van der Waals surface area contributed by atoms with Gasteiger partial charge in [0.2, 0.25) is 0 Å². The van der Waals surface area contributed by atoms with Crippen molar-refractivity contribution < 1.29 is 4.21 Å². The summed E-state index contributed by atoms with van der Waals surface area (Å²) in [5.41, 5.74) is 0.215. The molecule has 1 atom stereocenters. The van der Waals surface area contributed by atoms with E-state index in [0.717, 1.165) is 0 Å². The van der Waals surface area contributed by atoms with Gasteiger partial charge in [0, 0.05) is 18.2 Å². The maximum Gasteiger partial charge on any atom is 0.278 e. The minimum absolute atomic E-state index is 0.234. The zero-order valence-corrected chi connectivity index (χ0v) is 17.9. The van der Waals surface area contributed by atoms with E-state index < -0.39 is 9.73 Å². The molecule has 0 saturated heterocycles. The van der Waals surface area contributed by atoms with E-state index in [1.54, 1.807) is 41.3 Å². The molecule has 3 heterocycles. The van der Waals surface area contributed by atoms with E-state index in [-0.39, 0.29) is 12.1 Å². The maximum absolute atomic E-state index is 12.8. The van der Waals surface area contributed by atoms with Crippen LogP contribution in [-0.4, -0.2) is 46.8 Å². The Hall–Kier alpha value is -2.72. The molecule has 0 saturated carbocycles. The molecule has 3 rings (SSSR count). The lowest BCUT2D eigenvalue weighted by molar-refractivity contribution is 0.596. The molecule has 0 aromatic carbocycles. The van der Waals surface area contributed by atoms with Crippen molar-refractivity contribution in [2.45, 2.75) is 18.1 Å². The van der Waals surface area contributed by atoms with Gasteiger partial charge in [0.05, 0.1) is 16.3 Å². The lowest BCUT2D eigenvalue weighted by Gasteiger charge is -2.10. The van der Waals surface area contributed by atoms with Crippen LogP contribution in [0.4, 0.5) is 5.82 Å². The van der Waals surface area contributed by atoms with Crippen LogP contribution in [0.15, 0.2) is 64.0 Å². The van der Waals surface area contributed by atoms with Crippen molar-refractivity contribution >= 4 is 38.3 Å². The molecule has 3 aromatic heterocycles. The van der Waals surface area contributed by atoms with Crippen molar-refractivity contribution in [2.75, 3.05) is 18.3 Å². The van der Waals surface area contributed by atoms with Gasteiger partial charge >= 0.3 is 0 Å². The first-order chi connectivity index (χ1) is 13.9. The molecule has 0 aliphatic carbocycles. The van der Waals surface area contributed by atoms with Crippen LogP contribution in [-0.2, 0) is 16.3 Å². The van der Waals surface area contributed by atoms with E-state index in [1.165, 1.54) is 22.6 Å². The molecule has 0 spiro atoms. The van der Waals surface area contributed by atoms with Crippen molar-refractivity contribution in [3.8, 4) is 5.82 Å². The third-order valence-electron chi connectivity index (χ3n) is 4.06. The zero-order valence-electron chi connectivity index (χ0n) is 16.3. The third kappa shape index (κ3) is 4.48. The highest BCUT2D eigenvalue weighted by atomic mass is 32.2. The number of hydrogen-bond acceptors (Lipinski definition) is 7. The lowest BCUT2D eigenvalue weighted by Crippen LogP contribution is -2.22. The number of pyridine rings is 1. The van der Waals surface area contributed by atoms with Crippen molar-refractivity contribution in [1.82, 2.24) is 24.3 Å². The van der Waals surface area contributed by atoms with Crippen molar-refractivity contribution in [1.29, 1.82) is 0 Å². The topological polar surface area (TPSA) is 95.0 Å². The molecule has 0 aliphatic rings. The van der Waals surface area contributed by atoms with Gasteiger partial charge in [-0.3, -0.25) is 4.79 Å². The lowest BCUT2D eigenvalue weighted by atomic mass is 10.4.